The van der Waals surface area contributed by atoms with Gasteiger partial charge in [0.25, 0.3) is 0 Å². The standard InChI is InChI=1S/C21H31N3O5/c1-21(2,3)22-13-18(26)14-4-5-17(25)19-15(14)12-16(23-19)20(27)29-11-8-24-6-9-28-10-7-24/h4-5,12,18,22-23,25-26H,6-11,13H2,1-3H3. The first-order valence-electron chi connectivity index (χ1n) is 9.99. The second kappa shape index (κ2) is 9.13. The largest absolute Gasteiger partial charge is 0.506 e. The number of hydrogen-bond acceptors (Lipinski definition) is 7. The highest BCUT2D eigenvalue weighted by atomic mass is 16.5. The summed E-state index contributed by atoms with van der Waals surface area (Å²) in [6, 6.07) is 4.82. The molecule has 4 N–H and O–H groups in total. The van der Waals surface area contributed by atoms with E-state index in [1.807, 2.05) is 20.8 Å². The first-order valence-corrected chi connectivity index (χ1v) is 9.99. The van der Waals surface area contributed by atoms with Crippen LogP contribution in [0.15, 0.2) is 18.2 Å². The van der Waals surface area contributed by atoms with E-state index in [1.165, 1.54) is 6.07 Å². The lowest BCUT2D eigenvalue weighted by molar-refractivity contribution is 0.0193. The fourth-order valence-corrected chi connectivity index (χ4v) is 3.31. The van der Waals surface area contributed by atoms with Crippen molar-refractivity contribution in [2.45, 2.75) is 32.4 Å². The number of aliphatic hydroxyl groups is 1. The number of aliphatic hydroxyl groups excluding tert-OH is 1. The number of nitrogens with zero attached hydrogens (tertiary/aromatic N) is 1. The Morgan fingerprint density at radius 3 is 2.76 bits per heavy atom. The Labute approximate surface area is 170 Å². The summed E-state index contributed by atoms with van der Waals surface area (Å²) in [4.78, 5) is 17.6. The van der Waals surface area contributed by atoms with Gasteiger partial charge in [0.15, 0.2) is 0 Å². The number of carbonyl (C=O) groups is 1. The predicted molar refractivity (Wildman–Crippen MR) is 110 cm³/mol. The number of hydrogen-bond donors (Lipinski definition) is 4. The number of aromatic nitrogens is 1. The van der Waals surface area contributed by atoms with Crippen LogP contribution >= 0.6 is 0 Å². The smallest absolute Gasteiger partial charge is 0.354 e. The maximum Gasteiger partial charge on any atom is 0.354 e. The van der Waals surface area contributed by atoms with Crippen LogP contribution in [0.1, 0.15) is 42.9 Å². The summed E-state index contributed by atoms with van der Waals surface area (Å²) >= 11 is 0. The molecule has 160 valence electrons. The normalized spacial score (nSPS) is 16.8. The van der Waals surface area contributed by atoms with Gasteiger partial charge in [-0.2, -0.15) is 0 Å². The van der Waals surface area contributed by atoms with Crippen molar-refractivity contribution in [3.63, 3.8) is 0 Å². The molecule has 0 amide bonds. The van der Waals surface area contributed by atoms with Gasteiger partial charge in [-0.05, 0) is 38.5 Å². The third-order valence-electron chi connectivity index (χ3n) is 4.95. The highest BCUT2D eigenvalue weighted by Gasteiger charge is 2.20. The van der Waals surface area contributed by atoms with E-state index in [1.54, 1.807) is 12.1 Å². The van der Waals surface area contributed by atoms with Crippen LogP contribution in [-0.2, 0) is 9.47 Å². The quantitative estimate of drug-likeness (QED) is 0.520. The van der Waals surface area contributed by atoms with Crippen LogP contribution in [-0.4, -0.2) is 77.6 Å². The van der Waals surface area contributed by atoms with E-state index in [0.717, 1.165) is 13.1 Å². The second-order valence-electron chi connectivity index (χ2n) is 8.38. The molecule has 1 aliphatic rings. The number of nitrogens with one attached hydrogen (secondary N) is 2. The first-order chi connectivity index (χ1) is 13.7. The van der Waals surface area contributed by atoms with E-state index >= 15 is 0 Å². The molecule has 0 radical (unpaired) electrons. The average molecular weight is 405 g/mol. The lowest BCUT2D eigenvalue weighted by Crippen LogP contribution is -2.38. The molecule has 8 heteroatoms. The van der Waals surface area contributed by atoms with Gasteiger partial charge in [0, 0.05) is 37.1 Å². The number of aromatic amines is 1. The van der Waals surface area contributed by atoms with E-state index < -0.39 is 12.1 Å². The summed E-state index contributed by atoms with van der Waals surface area (Å²) in [6.07, 6.45) is -0.779. The number of β-amino-alcohol motifs (C(OH)–C–C–N with tert-alkyl or cyclic N) is 1. The van der Waals surface area contributed by atoms with Crippen molar-refractivity contribution in [3.8, 4) is 5.75 Å². The number of morpholine rings is 1. The number of phenolic OH excluding ortho intramolecular Hbond substituents is 1. The number of benzene rings is 1. The lowest BCUT2D eigenvalue weighted by Gasteiger charge is -2.26. The molecule has 1 aromatic heterocycles. The topological polar surface area (TPSA) is 107 Å². The Kier molecular flexibility index (Phi) is 6.79. The zero-order valence-electron chi connectivity index (χ0n) is 17.3. The molecule has 3 rings (SSSR count). The monoisotopic (exact) mass is 405 g/mol. The zero-order chi connectivity index (χ0) is 21.0. The van der Waals surface area contributed by atoms with Crippen LogP contribution in [0.25, 0.3) is 10.9 Å². The SMILES string of the molecule is CC(C)(C)NCC(O)c1ccc(O)c2[nH]c(C(=O)OCCN3CCOCC3)cc12. The number of esters is 1. The Bertz CT molecular complexity index is 837. The highest BCUT2D eigenvalue weighted by molar-refractivity contribution is 5.98. The Balaban J connectivity index is 1.69. The van der Waals surface area contributed by atoms with E-state index in [4.69, 9.17) is 9.47 Å². The number of H-pyrrole nitrogens is 1. The third kappa shape index (κ3) is 5.70. The Morgan fingerprint density at radius 2 is 2.07 bits per heavy atom. The molecule has 2 heterocycles. The van der Waals surface area contributed by atoms with E-state index in [-0.39, 0.29) is 23.6 Å². The lowest BCUT2D eigenvalue weighted by atomic mass is 10.0. The van der Waals surface area contributed by atoms with Crippen molar-refractivity contribution < 1.29 is 24.5 Å². The molecule has 0 spiro atoms. The van der Waals surface area contributed by atoms with E-state index in [2.05, 4.69) is 15.2 Å². The zero-order valence-corrected chi connectivity index (χ0v) is 17.3. The Hall–Kier alpha value is -2.13. The fourth-order valence-electron chi connectivity index (χ4n) is 3.31. The molecule has 1 atom stereocenters. The van der Waals surface area contributed by atoms with Gasteiger partial charge in [0.05, 0.1) is 24.8 Å². The van der Waals surface area contributed by atoms with Gasteiger partial charge in [0.1, 0.15) is 18.1 Å². The fraction of sp³-hybridized carbons (Fsp3) is 0.571. The van der Waals surface area contributed by atoms with Crippen molar-refractivity contribution in [1.29, 1.82) is 0 Å². The predicted octanol–water partition coefficient (Wildman–Crippen LogP) is 1.78. The molecule has 0 bridgehead atoms. The number of carbonyl (C=O) groups excluding carboxylic acids is 1. The highest BCUT2D eigenvalue weighted by Crippen LogP contribution is 2.31. The first kappa shape index (κ1) is 21.6. The molecular formula is C21H31N3O5. The number of ether oxygens (including phenoxy) is 2. The van der Waals surface area contributed by atoms with Crippen molar-refractivity contribution >= 4 is 16.9 Å². The van der Waals surface area contributed by atoms with Crippen LogP contribution < -0.4 is 5.32 Å². The molecule has 8 nitrogen and oxygen atoms in total. The summed E-state index contributed by atoms with van der Waals surface area (Å²) in [7, 11) is 0. The number of rotatable bonds is 7. The van der Waals surface area contributed by atoms with Gasteiger partial charge >= 0.3 is 5.97 Å². The van der Waals surface area contributed by atoms with Crippen molar-refractivity contribution in [2.75, 3.05) is 46.0 Å². The summed E-state index contributed by atoms with van der Waals surface area (Å²) in [5.41, 5.74) is 1.17. The minimum atomic E-state index is -0.779. The van der Waals surface area contributed by atoms with Crippen LogP contribution in [0.5, 0.6) is 5.75 Å². The van der Waals surface area contributed by atoms with Crippen molar-refractivity contribution in [3.05, 3.63) is 29.5 Å². The van der Waals surface area contributed by atoms with Crippen LogP contribution in [0.4, 0.5) is 0 Å². The molecule has 1 aromatic carbocycles. The van der Waals surface area contributed by atoms with Crippen LogP contribution in [0.3, 0.4) is 0 Å². The third-order valence-corrected chi connectivity index (χ3v) is 4.95. The maximum atomic E-state index is 12.5. The number of aromatic hydroxyl groups is 1. The van der Waals surface area contributed by atoms with Gasteiger partial charge in [-0.25, -0.2) is 4.79 Å². The number of phenols is 1. The summed E-state index contributed by atoms with van der Waals surface area (Å²) in [5.74, 6) is -0.464. The van der Waals surface area contributed by atoms with Gasteiger partial charge in [0.2, 0.25) is 0 Å². The molecular weight excluding hydrogens is 374 g/mol. The molecule has 0 aliphatic carbocycles. The molecule has 1 saturated heterocycles. The van der Waals surface area contributed by atoms with Gasteiger partial charge < -0.3 is 30.0 Å². The molecule has 1 aliphatic heterocycles. The maximum absolute atomic E-state index is 12.5. The minimum Gasteiger partial charge on any atom is -0.506 e. The molecule has 1 unspecified atom stereocenters. The molecule has 2 aromatic rings. The van der Waals surface area contributed by atoms with E-state index in [0.29, 0.717) is 42.8 Å². The summed E-state index contributed by atoms with van der Waals surface area (Å²) < 4.78 is 10.7. The van der Waals surface area contributed by atoms with Crippen molar-refractivity contribution in [2.24, 2.45) is 0 Å². The molecule has 29 heavy (non-hydrogen) atoms. The minimum absolute atomic E-state index is 0.0205. The molecule has 0 saturated carbocycles. The van der Waals surface area contributed by atoms with Gasteiger partial charge in [-0.3, -0.25) is 4.90 Å². The van der Waals surface area contributed by atoms with Crippen LogP contribution in [0, 0.1) is 0 Å². The van der Waals surface area contributed by atoms with Gasteiger partial charge in [-0.15, -0.1) is 0 Å². The summed E-state index contributed by atoms with van der Waals surface area (Å²) in [5, 5.41) is 24.7. The second-order valence-corrected chi connectivity index (χ2v) is 8.38. The van der Waals surface area contributed by atoms with E-state index in [9.17, 15) is 15.0 Å². The van der Waals surface area contributed by atoms with Crippen molar-refractivity contribution in [1.82, 2.24) is 15.2 Å². The summed E-state index contributed by atoms with van der Waals surface area (Å²) in [6.45, 7) is 10.4. The van der Waals surface area contributed by atoms with Crippen LogP contribution in [0.2, 0.25) is 0 Å². The Morgan fingerprint density at radius 1 is 1.34 bits per heavy atom. The number of fused-ring (bicyclic) bond motifs is 1. The molecule has 1 fully saturated rings. The van der Waals surface area contributed by atoms with Gasteiger partial charge in [-0.1, -0.05) is 6.07 Å². The average Bonchev–Trinajstić information content (AvgIpc) is 3.13.